The van der Waals surface area contributed by atoms with Gasteiger partial charge in [0.25, 0.3) is 11.8 Å². The van der Waals surface area contributed by atoms with Crippen LogP contribution in [0.25, 0.3) is 0 Å². The number of amides is 2. The maximum absolute atomic E-state index is 14.7. The number of rotatable bonds is 4. The van der Waals surface area contributed by atoms with Gasteiger partial charge in [0.05, 0.1) is 12.6 Å². The Morgan fingerprint density at radius 3 is 2.76 bits per heavy atom. The Labute approximate surface area is 215 Å². The van der Waals surface area contributed by atoms with Gasteiger partial charge in [-0.05, 0) is 25.8 Å². The highest BCUT2D eigenvalue weighted by atomic mass is 35.5. The molecule has 4 atom stereocenters. The predicted molar refractivity (Wildman–Crippen MR) is 126 cm³/mol. The molecule has 3 N–H and O–H groups in total. The lowest BCUT2D eigenvalue weighted by Crippen LogP contribution is -2.52. The molecule has 0 saturated carbocycles. The number of hydrogen-bond acceptors (Lipinski definition) is 7. The number of carbonyl (C=O) groups is 2. The van der Waals surface area contributed by atoms with Crippen LogP contribution in [0.1, 0.15) is 58.6 Å². The zero-order chi connectivity index (χ0) is 26.8. The van der Waals surface area contributed by atoms with Crippen molar-refractivity contribution in [2.24, 2.45) is 5.73 Å². The molecule has 1 aromatic carbocycles. The van der Waals surface area contributed by atoms with Crippen LogP contribution in [0, 0.1) is 11.6 Å². The number of methoxy groups -OCH3 is 1. The van der Waals surface area contributed by atoms with Crippen molar-refractivity contribution < 1.29 is 33.1 Å². The van der Waals surface area contributed by atoms with E-state index in [4.69, 9.17) is 26.9 Å². The molecule has 37 heavy (non-hydrogen) atoms. The average Bonchev–Trinajstić information content (AvgIpc) is 3.17. The maximum atomic E-state index is 14.7. The third kappa shape index (κ3) is 3.90. The molecule has 1 unspecified atom stereocenters. The van der Waals surface area contributed by atoms with Crippen molar-refractivity contribution >= 4 is 23.4 Å². The Hall–Kier alpha value is -3.06. The van der Waals surface area contributed by atoms with Gasteiger partial charge in [0.1, 0.15) is 34.0 Å². The van der Waals surface area contributed by atoms with Gasteiger partial charge in [0, 0.05) is 37.9 Å². The molecule has 0 aliphatic carbocycles. The molecule has 1 spiro atoms. The number of benzene rings is 1. The molecule has 5 rings (SSSR count). The zero-order valence-corrected chi connectivity index (χ0v) is 20.8. The van der Waals surface area contributed by atoms with Crippen molar-refractivity contribution in [1.82, 2.24) is 14.5 Å². The minimum absolute atomic E-state index is 0.0886. The predicted octanol–water partition coefficient (Wildman–Crippen LogP) is 2.31. The Kier molecular flexibility index (Phi) is 6.26. The summed E-state index contributed by atoms with van der Waals surface area (Å²) in [5, 5.41) is 11.5. The van der Waals surface area contributed by atoms with Gasteiger partial charge in [-0.15, -0.1) is 0 Å². The zero-order valence-electron chi connectivity index (χ0n) is 20.0. The highest BCUT2D eigenvalue weighted by molar-refractivity contribution is 6.30. The number of pyridine rings is 1. The van der Waals surface area contributed by atoms with E-state index in [0.717, 1.165) is 6.07 Å². The van der Waals surface area contributed by atoms with Crippen LogP contribution in [0.2, 0.25) is 5.02 Å². The van der Waals surface area contributed by atoms with E-state index in [2.05, 4.69) is 0 Å². The molecule has 13 heteroatoms. The molecule has 4 heterocycles. The van der Waals surface area contributed by atoms with Gasteiger partial charge >= 0.3 is 0 Å². The maximum Gasteiger partial charge on any atom is 0.274 e. The van der Waals surface area contributed by atoms with E-state index in [0.29, 0.717) is 12.8 Å². The van der Waals surface area contributed by atoms with E-state index in [1.54, 1.807) is 4.90 Å². The molecule has 2 saturated heterocycles. The van der Waals surface area contributed by atoms with Crippen LogP contribution >= 0.6 is 11.6 Å². The molecule has 2 bridgehead atoms. The van der Waals surface area contributed by atoms with Gasteiger partial charge in [0.2, 0.25) is 5.43 Å². The topological polar surface area (TPSA) is 127 Å². The van der Waals surface area contributed by atoms with E-state index in [-0.39, 0.29) is 36.8 Å². The largest absolute Gasteiger partial charge is 0.503 e. The standard InChI is InChI=1S/C24H25ClF2N4O6/c1-11-5-6-24(7-16(36-2)31(37-24)8-12-3-4-14(26)17(25)18(12)27)15-10-29(11)23(35)19-21(33)20(32)13(22(28)34)9-30(15)19/h3-4,9,11,15-16,33H,5-8,10H2,1-2H3,(H2,28,34)/t11-,15+,16?,24-/m0/s1. The van der Waals surface area contributed by atoms with Crippen molar-refractivity contribution in [3.05, 3.63) is 62.0 Å². The number of primary amides is 1. The van der Waals surface area contributed by atoms with Crippen molar-refractivity contribution in [2.75, 3.05) is 13.7 Å². The lowest BCUT2D eigenvalue weighted by molar-refractivity contribution is -0.252. The Morgan fingerprint density at radius 1 is 1.35 bits per heavy atom. The summed E-state index contributed by atoms with van der Waals surface area (Å²) >= 11 is 5.76. The van der Waals surface area contributed by atoms with E-state index < -0.39 is 63.1 Å². The number of hydrogen-bond donors (Lipinski definition) is 2. The van der Waals surface area contributed by atoms with Gasteiger partial charge in [-0.1, -0.05) is 17.7 Å². The second kappa shape index (κ2) is 9.05. The summed E-state index contributed by atoms with van der Waals surface area (Å²) in [6, 6.07) is 1.43. The number of hydroxylamine groups is 2. The molecular formula is C24H25ClF2N4O6. The summed E-state index contributed by atoms with van der Waals surface area (Å²) in [7, 11) is 1.46. The monoisotopic (exact) mass is 538 g/mol. The molecule has 2 fully saturated rings. The molecule has 3 aliphatic heterocycles. The second-order valence-corrected chi connectivity index (χ2v) is 10.0. The first-order valence-electron chi connectivity index (χ1n) is 11.7. The molecule has 2 aromatic rings. The minimum Gasteiger partial charge on any atom is -0.503 e. The smallest absolute Gasteiger partial charge is 0.274 e. The van der Waals surface area contributed by atoms with Crippen LogP contribution in [0.4, 0.5) is 8.78 Å². The van der Waals surface area contributed by atoms with E-state index in [9.17, 15) is 28.3 Å². The Balaban J connectivity index is 1.61. The Morgan fingerprint density at radius 2 is 2.08 bits per heavy atom. The number of aromatic hydroxyl groups is 1. The SMILES string of the molecule is COC1C[C@]2(CC[C@H](C)N3C[C@H]2n2cc(C(N)=O)c(=O)c(O)c2C3=O)ON1Cc1ccc(F)c(Cl)c1F. The van der Waals surface area contributed by atoms with E-state index in [1.807, 2.05) is 6.92 Å². The number of ether oxygens (including phenoxy) is 1. The van der Waals surface area contributed by atoms with Crippen LogP contribution in [-0.4, -0.2) is 63.0 Å². The number of nitrogens with zero attached hydrogens (tertiary/aromatic N) is 3. The van der Waals surface area contributed by atoms with Crippen molar-refractivity contribution in [3.8, 4) is 5.75 Å². The lowest BCUT2D eigenvalue weighted by atomic mass is 9.85. The average molecular weight is 539 g/mol. The van der Waals surface area contributed by atoms with Crippen LogP contribution in [0.3, 0.4) is 0 Å². The molecule has 198 valence electrons. The quantitative estimate of drug-likeness (QED) is 0.572. The fourth-order valence-corrected chi connectivity index (χ4v) is 5.77. The summed E-state index contributed by atoms with van der Waals surface area (Å²) in [6.45, 7) is 1.90. The number of fused-ring (bicyclic) bond motifs is 5. The minimum atomic E-state index is -1.05. The molecule has 1 aromatic heterocycles. The third-order valence-corrected chi connectivity index (χ3v) is 7.97. The van der Waals surface area contributed by atoms with Gasteiger partial charge < -0.3 is 25.0 Å². The summed E-state index contributed by atoms with van der Waals surface area (Å²) in [6.07, 6.45) is 1.76. The van der Waals surface area contributed by atoms with Gasteiger partial charge in [0.15, 0.2) is 11.4 Å². The lowest BCUT2D eigenvalue weighted by Gasteiger charge is -2.42. The molecule has 2 amide bonds. The Bertz CT molecular complexity index is 1370. The highest BCUT2D eigenvalue weighted by Crippen LogP contribution is 2.49. The molecular weight excluding hydrogens is 514 g/mol. The first-order valence-corrected chi connectivity index (χ1v) is 12.1. The van der Waals surface area contributed by atoms with E-state index >= 15 is 0 Å². The highest BCUT2D eigenvalue weighted by Gasteiger charge is 2.56. The van der Waals surface area contributed by atoms with Crippen LogP contribution in [0.15, 0.2) is 23.1 Å². The summed E-state index contributed by atoms with van der Waals surface area (Å²) < 4.78 is 35.4. The van der Waals surface area contributed by atoms with Crippen LogP contribution < -0.4 is 11.2 Å². The number of nitrogens with two attached hydrogens (primary N) is 1. The van der Waals surface area contributed by atoms with E-state index in [1.165, 1.54) is 29.0 Å². The van der Waals surface area contributed by atoms with Crippen LogP contribution in [-0.2, 0) is 16.1 Å². The van der Waals surface area contributed by atoms with Crippen LogP contribution in [0.5, 0.6) is 5.75 Å². The fraction of sp³-hybridized carbons (Fsp3) is 0.458. The number of halogens is 3. The summed E-state index contributed by atoms with van der Waals surface area (Å²) in [5.74, 6) is -4.25. The third-order valence-electron chi connectivity index (χ3n) is 7.62. The van der Waals surface area contributed by atoms with Gasteiger partial charge in [-0.3, -0.25) is 19.2 Å². The summed E-state index contributed by atoms with van der Waals surface area (Å²) in [4.78, 5) is 45.9. The second-order valence-electron chi connectivity index (χ2n) is 9.66. The van der Waals surface area contributed by atoms with Crippen molar-refractivity contribution in [3.63, 3.8) is 0 Å². The van der Waals surface area contributed by atoms with Gasteiger partial charge in [-0.25, -0.2) is 8.78 Å². The molecule has 0 radical (unpaired) electrons. The van der Waals surface area contributed by atoms with Gasteiger partial charge in [-0.2, -0.15) is 5.06 Å². The normalized spacial score (nSPS) is 27.4. The fourth-order valence-electron chi connectivity index (χ4n) is 5.58. The molecule has 3 aliphatic rings. The first kappa shape index (κ1) is 25.6. The van der Waals surface area contributed by atoms with Crippen molar-refractivity contribution in [2.45, 2.75) is 56.6 Å². The number of carbonyl (C=O) groups excluding carboxylic acids is 2. The van der Waals surface area contributed by atoms with Crippen molar-refractivity contribution in [1.29, 1.82) is 0 Å². The molecule has 10 nitrogen and oxygen atoms in total. The number of aromatic nitrogens is 1. The summed E-state index contributed by atoms with van der Waals surface area (Å²) in [5.41, 5.74) is 2.68. The first-order chi connectivity index (χ1) is 17.5.